The van der Waals surface area contributed by atoms with Crippen LogP contribution in [0.2, 0.25) is 0 Å². The molecule has 0 spiro atoms. The van der Waals surface area contributed by atoms with Gasteiger partial charge in [-0.15, -0.1) is 0 Å². The Morgan fingerprint density at radius 3 is 2.88 bits per heavy atom. The van der Waals surface area contributed by atoms with Crippen LogP contribution >= 0.6 is 0 Å². The van der Waals surface area contributed by atoms with Crippen LogP contribution in [-0.2, 0) is 17.6 Å². The maximum Gasteiger partial charge on any atom is 0.143 e. The summed E-state index contributed by atoms with van der Waals surface area (Å²) < 4.78 is 12.2. The summed E-state index contributed by atoms with van der Waals surface area (Å²) in [5, 5.41) is 3.58. The predicted molar refractivity (Wildman–Crippen MR) is 100.0 cm³/mol. The summed E-state index contributed by atoms with van der Waals surface area (Å²) in [6.07, 6.45) is 7.79. The standard InChI is InChI=1S/C21H30N2O2/c1-14-13-25-19-11-16-6-8-22-9-7-18(16)20(15-4-5-15)21(19)23(14)12-17-3-2-10-24-17/h11,14-15,17,22H,2-10,12-13H2,1H3/t14-,17-/m0/s1. The highest BCUT2D eigenvalue weighted by Gasteiger charge is 2.38. The topological polar surface area (TPSA) is 33.7 Å². The van der Waals surface area contributed by atoms with Gasteiger partial charge in [0, 0.05) is 13.2 Å². The number of anilines is 1. The van der Waals surface area contributed by atoms with Crippen LogP contribution in [0.1, 0.15) is 55.2 Å². The van der Waals surface area contributed by atoms with Gasteiger partial charge in [-0.1, -0.05) is 0 Å². The van der Waals surface area contributed by atoms with Crippen molar-refractivity contribution in [2.75, 3.05) is 37.7 Å². The van der Waals surface area contributed by atoms with Crippen molar-refractivity contribution in [2.24, 2.45) is 0 Å². The van der Waals surface area contributed by atoms with Gasteiger partial charge in [0.1, 0.15) is 12.4 Å². The number of hydrogen-bond donors (Lipinski definition) is 1. The van der Waals surface area contributed by atoms with E-state index in [4.69, 9.17) is 9.47 Å². The van der Waals surface area contributed by atoms with Crippen molar-refractivity contribution in [1.29, 1.82) is 0 Å². The summed E-state index contributed by atoms with van der Waals surface area (Å²) >= 11 is 0. The van der Waals surface area contributed by atoms with Crippen molar-refractivity contribution in [3.8, 4) is 5.75 Å². The highest BCUT2D eigenvalue weighted by Crippen LogP contribution is 2.52. The van der Waals surface area contributed by atoms with Gasteiger partial charge in [0.15, 0.2) is 0 Å². The molecule has 1 aromatic carbocycles. The minimum atomic E-state index is 0.390. The van der Waals surface area contributed by atoms with Gasteiger partial charge in [-0.05, 0) is 87.2 Å². The number of benzene rings is 1. The van der Waals surface area contributed by atoms with Crippen LogP contribution in [-0.4, -0.2) is 45.0 Å². The summed E-state index contributed by atoms with van der Waals surface area (Å²) in [6, 6.07) is 2.79. The van der Waals surface area contributed by atoms with Gasteiger partial charge in [-0.3, -0.25) is 0 Å². The Kier molecular flexibility index (Phi) is 4.13. The summed E-state index contributed by atoms with van der Waals surface area (Å²) in [5.74, 6) is 1.89. The van der Waals surface area contributed by atoms with E-state index in [9.17, 15) is 0 Å². The van der Waals surface area contributed by atoms with E-state index in [0.717, 1.165) is 57.4 Å². The Morgan fingerprint density at radius 2 is 2.08 bits per heavy atom. The van der Waals surface area contributed by atoms with Crippen LogP contribution in [0.3, 0.4) is 0 Å². The normalized spacial score (nSPS) is 28.9. The maximum atomic E-state index is 6.25. The molecule has 4 aliphatic rings. The first-order chi connectivity index (χ1) is 12.3. The quantitative estimate of drug-likeness (QED) is 0.915. The zero-order chi connectivity index (χ0) is 16.8. The molecule has 3 heterocycles. The molecule has 1 aromatic rings. The Balaban J connectivity index is 1.59. The second kappa shape index (κ2) is 6.48. The van der Waals surface area contributed by atoms with Crippen molar-refractivity contribution in [3.05, 3.63) is 22.8 Å². The fraction of sp³-hybridized carbons (Fsp3) is 0.714. The van der Waals surface area contributed by atoms with Crippen molar-refractivity contribution in [1.82, 2.24) is 5.32 Å². The molecule has 0 unspecified atom stereocenters. The van der Waals surface area contributed by atoms with E-state index in [1.807, 2.05) is 0 Å². The van der Waals surface area contributed by atoms with E-state index in [0.29, 0.717) is 12.1 Å². The SMILES string of the molecule is C[C@H]1COc2cc3c(c(C4CC4)c2N1C[C@@H]1CCCO1)CCNCC3. The Bertz CT molecular complexity index is 650. The lowest BCUT2D eigenvalue weighted by Gasteiger charge is -2.40. The molecule has 1 N–H and O–H groups in total. The fourth-order valence-corrected chi connectivity index (χ4v) is 4.86. The molecule has 0 aromatic heterocycles. The van der Waals surface area contributed by atoms with E-state index in [2.05, 4.69) is 23.2 Å². The summed E-state index contributed by atoms with van der Waals surface area (Å²) in [5.41, 5.74) is 6.19. The number of ether oxygens (including phenoxy) is 2. The first kappa shape index (κ1) is 16.0. The number of nitrogens with zero attached hydrogens (tertiary/aromatic N) is 1. The fourth-order valence-electron chi connectivity index (χ4n) is 4.86. The zero-order valence-electron chi connectivity index (χ0n) is 15.4. The Labute approximate surface area is 150 Å². The van der Waals surface area contributed by atoms with Crippen molar-refractivity contribution in [2.45, 2.75) is 63.5 Å². The van der Waals surface area contributed by atoms with Crippen LogP contribution in [0.15, 0.2) is 6.07 Å². The average molecular weight is 342 g/mol. The smallest absolute Gasteiger partial charge is 0.143 e. The number of fused-ring (bicyclic) bond motifs is 2. The minimum absolute atomic E-state index is 0.390. The molecule has 4 nitrogen and oxygen atoms in total. The predicted octanol–water partition coefficient (Wildman–Crippen LogP) is 3.02. The van der Waals surface area contributed by atoms with Gasteiger partial charge >= 0.3 is 0 Å². The number of rotatable bonds is 3. The maximum absolute atomic E-state index is 6.25. The third-order valence-corrected chi connectivity index (χ3v) is 6.34. The van der Waals surface area contributed by atoms with Crippen LogP contribution in [0, 0.1) is 0 Å². The van der Waals surface area contributed by atoms with E-state index >= 15 is 0 Å². The molecule has 0 amide bonds. The molecule has 0 radical (unpaired) electrons. The van der Waals surface area contributed by atoms with Crippen LogP contribution in [0.4, 0.5) is 5.69 Å². The van der Waals surface area contributed by atoms with Gasteiger partial charge in [-0.25, -0.2) is 0 Å². The molecule has 1 saturated heterocycles. The number of nitrogens with one attached hydrogen (secondary N) is 1. The molecule has 25 heavy (non-hydrogen) atoms. The average Bonchev–Trinajstić information content (AvgIpc) is 3.37. The van der Waals surface area contributed by atoms with E-state index in [1.165, 1.54) is 36.9 Å². The van der Waals surface area contributed by atoms with Gasteiger partial charge < -0.3 is 19.7 Å². The molecule has 4 heteroatoms. The lowest BCUT2D eigenvalue weighted by Crippen LogP contribution is -2.45. The molecule has 5 rings (SSSR count). The summed E-state index contributed by atoms with van der Waals surface area (Å²) in [7, 11) is 0. The van der Waals surface area contributed by atoms with Gasteiger partial charge in [0.05, 0.1) is 17.8 Å². The second-order valence-corrected chi connectivity index (χ2v) is 8.25. The van der Waals surface area contributed by atoms with Gasteiger partial charge in [0.25, 0.3) is 0 Å². The lowest BCUT2D eigenvalue weighted by atomic mass is 9.90. The Morgan fingerprint density at radius 1 is 1.20 bits per heavy atom. The molecule has 1 saturated carbocycles. The third-order valence-electron chi connectivity index (χ3n) is 6.34. The first-order valence-electron chi connectivity index (χ1n) is 10.2. The molecule has 3 aliphatic heterocycles. The highest BCUT2D eigenvalue weighted by molar-refractivity contribution is 5.72. The molecule has 2 atom stereocenters. The van der Waals surface area contributed by atoms with E-state index in [1.54, 1.807) is 11.1 Å². The summed E-state index contributed by atoms with van der Waals surface area (Å²) in [6.45, 7) is 7.25. The van der Waals surface area contributed by atoms with Crippen molar-refractivity contribution in [3.63, 3.8) is 0 Å². The van der Waals surface area contributed by atoms with Crippen LogP contribution in [0.5, 0.6) is 5.75 Å². The molecule has 136 valence electrons. The third kappa shape index (κ3) is 2.93. The summed E-state index contributed by atoms with van der Waals surface area (Å²) in [4.78, 5) is 2.63. The molecule has 2 fully saturated rings. The molecule has 1 aliphatic carbocycles. The zero-order valence-corrected chi connectivity index (χ0v) is 15.4. The Hall–Kier alpha value is -1.26. The van der Waals surface area contributed by atoms with Gasteiger partial charge in [0.2, 0.25) is 0 Å². The van der Waals surface area contributed by atoms with E-state index in [-0.39, 0.29) is 0 Å². The first-order valence-corrected chi connectivity index (χ1v) is 10.2. The highest BCUT2D eigenvalue weighted by atomic mass is 16.5. The van der Waals surface area contributed by atoms with Crippen molar-refractivity contribution >= 4 is 5.69 Å². The largest absolute Gasteiger partial charge is 0.489 e. The lowest BCUT2D eigenvalue weighted by molar-refractivity contribution is 0.111. The van der Waals surface area contributed by atoms with Crippen molar-refractivity contribution < 1.29 is 9.47 Å². The van der Waals surface area contributed by atoms with E-state index < -0.39 is 0 Å². The second-order valence-electron chi connectivity index (χ2n) is 8.25. The van der Waals surface area contributed by atoms with Crippen LogP contribution in [0.25, 0.3) is 0 Å². The minimum Gasteiger partial charge on any atom is -0.489 e. The van der Waals surface area contributed by atoms with Crippen LogP contribution < -0.4 is 15.0 Å². The van der Waals surface area contributed by atoms with Gasteiger partial charge in [-0.2, -0.15) is 0 Å². The molecule has 0 bridgehead atoms. The molecular weight excluding hydrogens is 312 g/mol. The monoisotopic (exact) mass is 342 g/mol. The molecular formula is C21H30N2O2. The number of hydrogen-bond acceptors (Lipinski definition) is 4.